The van der Waals surface area contributed by atoms with Gasteiger partial charge < -0.3 is 0 Å². The first kappa shape index (κ1) is 23.3. The molecule has 1 aliphatic rings. The van der Waals surface area contributed by atoms with Crippen LogP contribution in [0.15, 0.2) is 24.3 Å². The number of hydrogen-bond donors (Lipinski definition) is 0. The Hall–Kier alpha value is -1.89. The monoisotopic (exact) mass is 535 g/mol. The van der Waals surface area contributed by atoms with Crippen LogP contribution in [0.5, 0.6) is 5.75 Å². The van der Waals surface area contributed by atoms with Crippen molar-refractivity contribution in [3.8, 4) is 5.75 Å². The van der Waals surface area contributed by atoms with E-state index in [0.29, 0.717) is 37.0 Å². The summed E-state index contributed by atoms with van der Waals surface area (Å²) >= 11 is 8.99. The van der Waals surface area contributed by atoms with Crippen LogP contribution in [0, 0.1) is 0 Å². The van der Waals surface area contributed by atoms with Gasteiger partial charge in [0.1, 0.15) is 0 Å². The summed E-state index contributed by atoms with van der Waals surface area (Å²) in [6.07, 6.45) is 4.56. The number of aromatic nitrogens is 3. The van der Waals surface area contributed by atoms with Crippen molar-refractivity contribution in [1.82, 2.24) is 19.9 Å². The van der Waals surface area contributed by atoms with Crippen molar-refractivity contribution < 1.29 is 9.53 Å². The van der Waals surface area contributed by atoms with Gasteiger partial charge in [0.2, 0.25) is 0 Å². The predicted molar refractivity (Wildman–Crippen MR) is 132 cm³/mol. The SMILES string of the molecule is CCCCCc1nc2c(N3CCN(C(=O)COc4ccc(Cl)cc4)CC3)nc([AsH2])nc2s1. The molecule has 1 unspecified atom stereocenters. The summed E-state index contributed by atoms with van der Waals surface area (Å²) < 4.78 is 6.43. The molecule has 0 radical (unpaired) electrons. The van der Waals surface area contributed by atoms with E-state index in [1.165, 1.54) is 29.7 Å². The second-order valence-electron chi connectivity index (χ2n) is 7.73. The number of ether oxygens (including phenoxy) is 1. The summed E-state index contributed by atoms with van der Waals surface area (Å²) in [5.74, 6) is 1.52. The molecule has 1 saturated heterocycles. The zero-order chi connectivity index (χ0) is 22.5. The minimum absolute atomic E-state index is 0.0150. The Balaban J connectivity index is 1.37. The van der Waals surface area contributed by atoms with Gasteiger partial charge in [-0.05, 0) is 12.1 Å². The number of fused-ring (bicyclic) bond motifs is 1. The number of carbonyl (C=O) groups is 1. The van der Waals surface area contributed by atoms with Crippen LogP contribution < -0.4 is 14.2 Å². The van der Waals surface area contributed by atoms with E-state index in [-0.39, 0.29) is 12.5 Å². The summed E-state index contributed by atoms with van der Waals surface area (Å²) in [6.45, 7) is 4.93. The number of unbranched alkanes of at least 4 members (excludes halogenated alkanes) is 2. The number of halogens is 1. The number of aryl methyl sites for hydroxylation is 1. The Labute approximate surface area is 205 Å². The summed E-state index contributed by atoms with van der Waals surface area (Å²) in [4.78, 5) is 31.9. The molecule has 32 heavy (non-hydrogen) atoms. The molecule has 4 rings (SSSR count). The number of anilines is 1. The number of nitrogens with zero attached hydrogens (tertiary/aromatic N) is 5. The molecule has 0 aliphatic carbocycles. The van der Waals surface area contributed by atoms with Crippen LogP contribution >= 0.6 is 22.9 Å². The second-order valence-corrected chi connectivity index (χ2v) is 10.3. The summed E-state index contributed by atoms with van der Waals surface area (Å²) in [5, 5.41) is 1.78. The minimum atomic E-state index is -0.0150. The zero-order valence-corrected chi connectivity index (χ0v) is 22.1. The van der Waals surface area contributed by atoms with E-state index in [4.69, 9.17) is 26.3 Å². The topological polar surface area (TPSA) is 71.5 Å². The Morgan fingerprint density at radius 3 is 2.59 bits per heavy atom. The molecule has 1 fully saturated rings. The molecule has 0 saturated carbocycles. The number of thiazole rings is 1. The van der Waals surface area contributed by atoms with Gasteiger partial charge in [0.25, 0.3) is 0 Å². The van der Waals surface area contributed by atoms with Gasteiger partial charge in [0.15, 0.2) is 0 Å². The van der Waals surface area contributed by atoms with Gasteiger partial charge in [-0.1, -0.05) is 11.6 Å². The molecule has 0 N–H and O–H groups in total. The molecule has 0 bridgehead atoms. The maximum atomic E-state index is 12.6. The van der Waals surface area contributed by atoms with E-state index in [2.05, 4.69) is 16.8 Å². The number of benzene rings is 1. The molecule has 1 aliphatic heterocycles. The predicted octanol–water partition coefficient (Wildman–Crippen LogP) is 2.46. The first-order chi connectivity index (χ1) is 15.5. The number of piperazine rings is 1. The van der Waals surface area contributed by atoms with E-state index in [1.54, 1.807) is 35.6 Å². The van der Waals surface area contributed by atoms with E-state index < -0.39 is 0 Å². The average Bonchev–Trinajstić information content (AvgIpc) is 3.21. The number of amides is 1. The Morgan fingerprint density at radius 1 is 1.12 bits per heavy atom. The van der Waals surface area contributed by atoms with Gasteiger partial charge in [-0.25, -0.2) is 0 Å². The Kier molecular flexibility index (Phi) is 7.87. The van der Waals surface area contributed by atoms with Crippen LogP contribution in [0.2, 0.25) is 5.02 Å². The first-order valence-electron chi connectivity index (χ1n) is 10.9. The van der Waals surface area contributed by atoms with E-state index in [0.717, 1.165) is 38.6 Å². The summed E-state index contributed by atoms with van der Waals surface area (Å²) in [6, 6.07) is 7.03. The Morgan fingerprint density at radius 2 is 1.88 bits per heavy atom. The molecule has 7 nitrogen and oxygen atoms in total. The van der Waals surface area contributed by atoms with Crippen molar-refractivity contribution >= 4 is 66.5 Å². The van der Waals surface area contributed by atoms with Crippen molar-refractivity contribution in [2.24, 2.45) is 0 Å². The van der Waals surface area contributed by atoms with Crippen molar-refractivity contribution in [2.75, 3.05) is 37.7 Å². The molecule has 3 aromatic rings. The van der Waals surface area contributed by atoms with Crippen molar-refractivity contribution in [3.63, 3.8) is 0 Å². The van der Waals surface area contributed by atoms with Crippen molar-refractivity contribution in [3.05, 3.63) is 34.3 Å². The summed E-state index contributed by atoms with van der Waals surface area (Å²) in [7, 11) is 0. The van der Waals surface area contributed by atoms with E-state index in [9.17, 15) is 4.79 Å². The molecule has 1 amide bonds. The van der Waals surface area contributed by atoms with E-state index >= 15 is 0 Å². The van der Waals surface area contributed by atoms with E-state index in [1.807, 2.05) is 4.90 Å². The standard InChI is InChI=1S/C22H27AsClN5O2S/c1-2-3-4-5-17-25-19-20(26-22(23)27-21(19)32-17)29-12-10-28(11-13-29)18(30)14-31-16-8-6-15(24)7-9-16/h6-9H,2-5,10-14,23H2,1H3. The molecule has 0 spiro atoms. The first-order valence-corrected chi connectivity index (χ1v) is 13.3. The third kappa shape index (κ3) is 5.72. The number of carbonyl (C=O) groups excluding carboxylic acids is 1. The molecule has 1 atom stereocenters. The molecule has 3 heterocycles. The second kappa shape index (κ2) is 10.8. The molecular formula is C22H27AsClN5O2S. The van der Waals surface area contributed by atoms with Crippen LogP contribution in [0.25, 0.3) is 10.3 Å². The third-order valence-electron chi connectivity index (χ3n) is 5.40. The quantitative estimate of drug-likeness (QED) is 0.326. The van der Waals surface area contributed by atoms with Gasteiger partial charge in [-0.3, -0.25) is 0 Å². The van der Waals surface area contributed by atoms with Crippen LogP contribution in [0.4, 0.5) is 5.82 Å². The number of hydrogen-bond acceptors (Lipinski definition) is 7. The van der Waals surface area contributed by atoms with Crippen LogP contribution in [-0.2, 0) is 11.2 Å². The van der Waals surface area contributed by atoms with Crippen molar-refractivity contribution in [2.45, 2.75) is 32.6 Å². The fraction of sp³-hybridized carbons (Fsp3) is 0.455. The van der Waals surface area contributed by atoms with Gasteiger partial charge in [0, 0.05) is 5.02 Å². The molecule has 1 aromatic carbocycles. The number of rotatable bonds is 8. The Bertz CT molecular complexity index is 1070. The van der Waals surface area contributed by atoms with Crippen molar-refractivity contribution in [1.29, 1.82) is 0 Å². The van der Waals surface area contributed by atoms with Gasteiger partial charge in [-0.2, -0.15) is 0 Å². The maximum absolute atomic E-state index is 12.6. The van der Waals surface area contributed by atoms with Gasteiger partial charge in [0.05, 0.1) is 0 Å². The molecule has 10 heteroatoms. The fourth-order valence-corrected chi connectivity index (χ4v) is 5.48. The van der Waals surface area contributed by atoms with Crippen LogP contribution in [0.3, 0.4) is 0 Å². The summed E-state index contributed by atoms with van der Waals surface area (Å²) in [5.41, 5.74) is 0.897. The van der Waals surface area contributed by atoms with Gasteiger partial charge >= 0.3 is 177 Å². The molecular weight excluding hydrogens is 509 g/mol. The van der Waals surface area contributed by atoms with Crippen LogP contribution in [0.1, 0.15) is 31.2 Å². The molecule has 170 valence electrons. The normalized spacial score (nSPS) is 14.2. The van der Waals surface area contributed by atoms with Gasteiger partial charge in [-0.15, -0.1) is 0 Å². The van der Waals surface area contributed by atoms with Crippen LogP contribution in [-0.4, -0.2) is 75.4 Å². The zero-order valence-electron chi connectivity index (χ0n) is 18.1. The fourth-order valence-electron chi connectivity index (χ4n) is 3.66. The molecule has 2 aromatic heterocycles. The third-order valence-corrected chi connectivity index (χ3v) is 7.21. The average molecular weight is 536 g/mol.